The van der Waals surface area contributed by atoms with Gasteiger partial charge in [0.1, 0.15) is 5.75 Å². The van der Waals surface area contributed by atoms with Crippen LogP contribution in [0.5, 0.6) is 5.75 Å². The zero-order valence-electron chi connectivity index (χ0n) is 14.2. The highest BCUT2D eigenvalue weighted by Gasteiger charge is 2.45. The van der Waals surface area contributed by atoms with Crippen LogP contribution in [0.1, 0.15) is 26.2 Å². The highest BCUT2D eigenvalue weighted by Crippen LogP contribution is 2.30. The van der Waals surface area contributed by atoms with E-state index < -0.39 is 6.17 Å². The molecular formula is C18H22N4O3. The average Bonchev–Trinajstić information content (AvgIpc) is 2.90. The zero-order chi connectivity index (χ0) is 17.4. The van der Waals surface area contributed by atoms with Gasteiger partial charge in [-0.2, -0.15) is 5.43 Å². The van der Waals surface area contributed by atoms with E-state index in [0.717, 1.165) is 24.3 Å². The van der Waals surface area contributed by atoms with Gasteiger partial charge in [0, 0.05) is 24.6 Å². The van der Waals surface area contributed by atoms with Gasteiger partial charge in [0.05, 0.1) is 6.61 Å². The molecule has 1 unspecified atom stereocenters. The fourth-order valence-electron chi connectivity index (χ4n) is 3.33. The predicted molar refractivity (Wildman–Crippen MR) is 92.4 cm³/mol. The summed E-state index contributed by atoms with van der Waals surface area (Å²) in [6.45, 7) is 3.19. The molecule has 1 N–H and O–H groups in total. The van der Waals surface area contributed by atoms with Crippen molar-refractivity contribution in [3.63, 3.8) is 0 Å². The summed E-state index contributed by atoms with van der Waals surface area (Å²) in [5.74, 6) is 1.14. The lowest BCUT2D eigenvalue weighted by Gasteiger charge is -2.30. The van der Waals surface area contributed by atoms with Gasteiger partial charge in [-0.1, -0.05) is 6.42 Å². The third kappa shape index (κ3) is 2.84. The Hall–Kier alpha value is -2.54. The van der Waals surface area contributed by atoms with Crippen molar-refractivity contribution < 1.29 is 14.3 Å². The van der Waals surface area contributed by atoms with Crippen LogP contribution in [0.3, 0.4) is 0 Å². The molecule has 2 aliphatic heterocycles. The van der Waals surface area contributed by atoms with E-state index in [1.807, 2.05) is 31.2 Å². The summed E-state index contributed by atoms with van der Waals surface area (Å²) in [6, 6.07) is 7.19. The normalized spacial score (nSPS) is 23.1. The number of nitrogens with zero attached hydrogens (tertiary/aromatic N) is 3. The van der Waals surface area contributed by atoms with E-state index in [1.165, 1.54) is 11.3 Å². The van der Waals surface area contributed by atoms with Crippen LogP contribution in [0, 0.1) is 5.92 Å². The summed E-state index contributed by atoms with van der Waals surface area (Å²) in [5.41, 5.74) is 3.81. The van der Waals surface area contributed by atoms with Crippen molar-refractivity contribution in [1.29, 1.82) is 0 Å². The number of hydrazine groups is 1. The highest BCUT2D eigenvalue weighted by molar-refractivity contribution is 6.02. The van der Waals surface area contributed by atoms with Gasteiger partial charge in [0.25, 0.3) is 5.91 Å². The Kier molecular flexibility index (Phi) is 4.09. The summed E-state index contributed by atoms with van der Waals surface area (Å²) in [5, 5.41) is 1.58. The lowest BCUT2D eigenvalue weighted by Crippen LogP contribution is -2.52. The number of carbonyl (C=O) groups excluding carboxylic acids is 2. The molecule has 25 heavy (non-hydrogen) atoms. The minimum absolute atomic E-state index is 0.159. The molecule has 0 bridgehead atoms. The third-order valence-corrected chi connectivity index (χ3v) is 4.95. The van der Waals surface area contributed by atoms with Crippen molar-refractivity contribution in [2.75, 3.05) is 18.1 Å². The van der Waals surface area contributed by atoms with Crippen LogP contribution in [-0.2, 0) is 4.79 Å². The molecule has 3 amide bonds. The van der Waals surface area contributed by atoms with Crippen molar-refractivity contribution in [3.8, 4) is 5.75 Å². The molecule has 2 fully saturated rings. The molecule has 7 nitrogen and oxygen atoms in total. The number of fused-ring (bicyclic) bond motifs is 1. The van der Waals surface area contributed by atoms with Crippen LogP contribution in [0.2, 0.25) is 0 Å². The third-order valence-electron chi connectivity index (χ3n) is 4.95. The maximum absolute atomic E-state index is 12.8. The fourth-order valence-corrected chi connectivity index (χ4v) is 3.33. The van der Waals surface area contributed by atoms with Crippen molar-refractivity contribution in [2.45, 2.75) is 32.4 Å². The van der Waals surface area contributed by atoms with Gasteiger partial charge in [0.2, 0.25) is 0 Å². The largest absolute Gasteiger partial charge is 0.494 e. The number of hydrogen-bond donors (Lipinski definition) is 1. The van der Waals surface area contributed by atoms with Crippen molar-refractivity contribution >= 4 is 17.6 Å². The fraction of sp³-hybridized carbons (Fsp3) is 0.444. The molecular weight excluding hydrogens is 320 g/mol. The number of hydrogen-bond acceptors (Lipinski definition) is 4. The van der Waals surface area contributed by atoms with E-state index in [0.29, 0.717) is 19.1 Å². The molecule has 0 radical (unpaired) electrons. The first-order valence-electron chi connectivity index (χ1n) is 8.77. The molecule has 132 valence electrons. The molecule has 3 aliphatic rings. The van der Waals surface area contributed by atoms with Gasteiger partial charge in [0.15, 0.2) is 6.17 Å². The second-order valence-electron chi connectivity index (χ2n) is 6.56. The first-order valence-corrected chi connectivity index (χ1v) is 8.77. The number of amides is 3. The topological polar surface area (TPSA) is 65.1 Å². The van der Waals surface area contributed by atoms with Crippen molar-refractivity contribution in [3.05, 3.63) is 36.7 Å². The summed E-state index contributed by atoms with van der Waals surface area (Å²) >= 11 is 0. The molecule has 1 aliphatic carbocycles. The molecule has 1 saturated carbocycles. The maximum atomic E-state index is 12.8. The first-order chi connectivity index (χ1) is 12.2. The molecule has 7 heteroatoms. The van der Waals surface area contributed by atoms with Gasteiger partial charge in [-0.15, -0.1) is 0 Å². The highest BCUT2D eigenvalue weighted by atomic mass is 16.5. The number of urea groups is 1. The SMILES string of the molecule is CCOc1ccc(N2C=CN3C(=O)N(CC4CCC4)NC3C2=O)cc1. The summed E-state index contributed by atoms with van der Waals surface area (Å²) in [4.78, 5) is 28.3. The van der Waals surface area contributed by atoms with Crippen molar-refractivity contribution in [1.82, 2.24) is 15.3 Å². The van der Waals surface area contributed by atoms with Crippen LogP contribution in [0.25, 0.3) is 0 Å². The number of nitrogens with one attached hydrogen (secondary N) is 1. The van der Waals surface area contributed by atoms with E-state index in [2.05, 4.69) is 5.43 Å². The monoisotopic (exact) mass is 342 g/mol. The molecule has 0 spiro atoms. The van der Waals surface area contributed by atoms with Gasteiger partial charge in [-0.25, -0.2) is 4.79 Å². The Bertz CT molecular complexity index is 699. The Labute approximate surface area is 146 Å². The van der Waals surface area contributed by atoms with Crippen molar-refractivity contribution in [2.24, 2.45) is 5.92 Å². The summed E-state index contributed by atoms with van der Waals surface area (Å²) < 4.78 is 5.43. The lowest BCUT2D eigenvalue weighted by atomic mass is 9.85. The molecule has 0 aromatic heterocycles. The Morgan fingerprint density at radius 2 is 1.92 bits per heavy atom. The smallest absolute Gasteiger partial charge is 0.340 e. The van der Waals surface area contributed by atoms with E-state index in [1.54, 1.807) is 22.3 Å². The zero-order valence-corrected chi connectivity index (χ0v) is 14.2. The molecule has 1 aromatic carbocycles. The lowest BCUT2D eigenvalue weighted by molar-refractivity contribution is -0.122. The molecule has 1 aromatic rings. The second kappa shape index (κ2) is 6.40. The molecule has 1 atom stereocenters. The van der Waals surface area contributed by atoms with Crippen LogP contribution in [-0.4, -0.2) is 41.2 Å². The van der Waals surface area contributed by atoms with Gasteiger partial charge < -0.3 is 4.74 Å². The van der Waals surface area contributed by atoms with E-state index in [9.17, 15) is 9.59 Å². The van der Waals surface area contributed by atoms with E-state index in [4.69, 9.17) is 4.74 Å². The van der Waals surface area contributed by atoms with Gasteiger partial charge >= 0.3 is 6.03 Å². The average molecular weight is 342 g/mol. The molecule has 1 saturated heterocycles. The standard InChI is InChI=1S/C18H22N4O3/c1-2-25-15-8-6-14(7-9-15)20-10-11-21-16(17(20)23)19-22(18(21)24)12-13-4-3-5-13/h6-11,13,16,19H,2-5,12H2,1H3. The van der Waals surface area contributed by atoms with Gasteiger partial charge in [-0.05, 0) is 49.9 Å². The molecule has 2 heterocycles. The van der Waals surface area contributed by atoms with E-state index in [-0.39, 0.29) is 11.9 Å². The second-order valence-corrected chi connectivity index (χ2v) is 6.56. The minimum Gasteiger partial charge on any atom is -0.494 e. The summed E-state index contributed by atoms with van der Waals surface area (Å²) in [7, 11) is 0. The van der Waals surface area contributed by atoms with Crippen LogP contribution < -0.4 is 15.1 Å². The number of rotatable bonds is 5. The van der Waals surface area contributed by atoms with Crippen LogP contribution in [0.15, 0.2) is 36.7 Å². The minimum atomic E-state index is -0.677. The van der Waals surface area contributed by atoms with E-state index >= 15 is 0 Å². The number of carbonyl (C=O) groups is 2. The number of anilines is 1. The Morgan fingerprint density at radius 3 is 2.56 bits per heavy atom. The molecule has 4 rings (SSSR count). The maximum Gasteiger partial charge on any atom is 0.340 e. The Balaban J connectivity index is 1.49. The van der Waals surface area contributed by atoms with Crippen LogP contribution in [0.4, 0.5) is 10.5 Å². The quantitative estimate of drug-likeness (QED) is 0.891. The first kappa shape index (κ1) is 16.0. The van der Waals surface area contributed by atoms with Gasteiger partial charge in [-0.3, -0.25) is 19.6 Å². The Morgan fingerprint density at radius 1 is 1.16 bits per heavy atom. The van der Waals surface area contributed by atoms with Crippen LogP contribution >= 0.6 is 0 Å². The number of ether oxygens (including phenoxy) is 1. The predicted octanol–water partition coefficient (Wildman–Crippen LogP) is 2.27. The summed E-state index contributed by atoms with van der Waals surface area (Å²) in [6.07, 6.45) is 6.16. The number of benzene rings is 1.